The molecule has 0 spiro atoms. The zero-order valence-electron chi connectivity index (χ0n) is 9.93. The lowest BCUT2D eigenvalue weighted by atomic mass is 10.1. The van der Waals surface area contributed by atoms with E-state index in [1.54, 1.807) is 19.2 Å². The van der Waals surface area contributed by atoms with E-state index in [1.165, 1.54) is 6.20 Å². The van der Waals surface area contributed by atoms with Gasteiger partial charge >= 0.3 is 5.97 Å². The van der Waals surface area contributed by atoms with Crippen molar-refractivity contribution in [2.75, 3.05) is 6.61 Å². The molecule has 17 heavy (non-hydrogen) atoms. The molecule has 0 aliphatic rings. The molecule has 0 aliphatic carbocycles. The highest BCUT2D eigenvalue weighted by atomic mass is 16.5. The maximum atomic E-state index is 11.6. The second kappa shape index (κ2) is 4.91. The van der Waals surface area contributed by atoms with E-state index in [1.807, 2.05) is 6.07 Å². The summed E-state index contributed by atoms with van der Waals surface area (Å²) >= 11 is 0. The average Bonchev–Trinajstić information content (AvgIpc) is 2.37. The Morgan fingerprint density at radius 3 is 2.71 bits per heavy atom. The number of aryl methyl sites for hydroxylation is 1. The fourth-order valence-electron chi connectivity index (χ4n) is 1.59. The van der Waals surface area contributed by atoms with Gasteiger partial charge in [-0.1, -0.05) is 6.92 Å². The first-order valence-electron chi connectivity index (χ1n) is 5.66. The van der Waals surface area contributed by atoms with Crippen molar-refractivity contribution in [1.29, 1.82) is 0 Å². The normalized spacial score (nSPS) is 10.5. The second-order valence-corrected chi connectivity index (χ2v) is 3.69. The first kappa shape index (κ1) is 11.5. The van der Waals surface area contributed by atoms with Gasteiger partial charge in [-0.05, 0) is 31.0 Å². The Balaban J connectivity index is 2.44. The van der Waals surface area contributed by atoms with E-state index < -0.39 is 0 Å². The molecule has 2 rings (SSSR count). The largest absolute Gasteiger partial charge is 0.462 e. The fraction of sp³-hybridized carbons (Fsp3) is 0.308. The van der Waals surface area contributed by atoms with Crippen LogP contribution in [0.5, 0.6) is 0 Å². The number of hydrogen-bond acceptors (Lipinski definition) is 4. The minimum Gasteiger partial charge on any atom is -0.462 e. The van der Waals surface area contributed by atoms with Gasteiger partial charge in [-0.3, -0.25) is 0 Å². The predicted octanol–water partition coefficient (Wildman–Crippen LogP) is 2.37. The van der Waals surface area contributed by atoms with Crippen molar-refractivity contribution in [2.45, 2.75) is 20.3 Å². The summed E-state index contributed by atoms with van der Waals surface area (Å²) in [4.78, 5) is 19.9. The summed E-state index contributed by atoms with van der Waals surface area (Å²) < 4.78 is 4.93. The van der Waals surface area contributed by atoms with E-state index in [9.17, 15) is 4.79 Å². The number of hydrogen-bond donors (Lipinski definition) is 0. The number of ether oxygens (including phenoxy) is 1. The Hall–Kier alpha value is -1.97. The summed E-state index contributed by atoms with van der Waals surface area (Å²) in [7, 11) is 0. The molecule has 0 atom stereocenters. The van der Waals surface area contributed by atoms with Gasteiger partial charge in [0.25, 0.3) is 0 Å². The van der Waals surface area contributed by atoms with Gasteiger partial charge in [0.05, 0.1) is 12.2 Å². The lowest BCUT2D eigenvalue weighted by Crippen LogP contribution is -2.05. The van der Waals surface area contributed by atoms with Crippen molar-refractivity contribution in [3.05, 3.63) is 35.7 Å². The standard InChI is InChI=1S/C13H14N2O2/c1-3-9-5-10-6-11(13(16)17-4-2)8-15-12(10)14-7-9/h5-8H,3-4H2,1-2H3. The van der Waals surface area contributed by atoms with Crippen LogP contribution in [0.15, 0.2) is 24.5 Å². The van der Waals surface area contributed by atoms with Crippen molar-refractivity contribution in [1.82, 2.24) is 9.97 Å². The van der Waals surface area contributed by atoms with E-state index in [0.717, 1.165) is 17.4 Å². The van der Waals surface area contributed by atoms with Crippen LogP contribution in [0.2, 0.25) is 0 Å². The molecule has 2 aromatic rings. The van der Waals surface area contributed by atoms with E-state index in [0.29, 0.717) is 17.8 Å². The third kappa shape index (κ3) is 2.41. The Kier molecular flexibility index (Phi) is 3.32. The highest BCUT2D eigenvalue weighted by Gasteiger charge is 2.08. The van der Waals surface area contributed by atoms with Crippen LogP contribution in [0.4, 0.5) is 0 Å². The van der Waals surface area contributed by atoms with Crippen molar-refractivity contribution >= 4 is 17.0 Å². The van der Waals surface area contributed by atoms with E-state index in [4.69, 9.17) is 4.74 Å². The molecule has 0 saturated carbocycles. The number of rotatable bonds is 3. The maximum Gasteiger partial charge on any atom is 0.339 e. The molecule has 88 valence electrons. The molecule has 0 aliphatic heterocycles. The van der Waals surface area contributed by atoms with Gasteiger partial charge in [-0.25, -0.2) is 14.8 Å². The van der Waals surface area contributed by atoms with E-state index in [2.05, 4.69) is 16.9 Å². The third-order valence-electron chi connectivity index (χ3n) is 2.51. The minimum absolute atomic E-state index is 0.344. The first-order valence-corrected chi connectivity index (χ1v) is 5.66. The topological polar surface area (TPSA) is 52.1 Å². The van der Waals surface area contributed by atoms with Gasteiger partial charge in [0.15, 0.2) is 5.65 Å². The number of nitrogens with zero attached hydrogens (tertiary/aromatic N) is 2. The predicted molar refractivity (Wildman–Crippen MR) is 64.9 cm³/mol. The average molecular weight is 230 g/mol. The quantitative estimate of drug-likeness (QED) is 0.759. The number of fused-ring (bicyclic) bond motifs is 1. The smallest absolute Gasteiger partial charge is 0.339 e. The van der Waals surface area contributed by atoms with Crippen LogP contribution in [-0.4, -0.2) is 22.5 Å². The lowest BCUT2D eigenvalue weighted by molar-refractivity contribution is 0.0526. The van der Waals surface area contributed by atoms with E-state index in [-0.39, 0.29) is 5.97 Å². The molecule has 0 aromatic carbocycles. The zero-order chi connectivity index (χ0) is 12.3. The fourth-order valence-corrected chi connectivity index (χ4v) is 1.59. The van der Waals surface area contributed by atoms with Crippen LogP contribution in [0, 0.1) is 0 Å². The monoisotopic (exact) mass is 230 g/mol. The van der Waals surface area contributed by atoms with Gasteiger partial charge in [-0.2, -0.15) is 0 Å². The summed E-state index contributed by atoms with van der Waals surface area (Å²) in [6.07, 6.45) is 4.21. The van der Waals surface area contributed by atoms with Gasteiger partial charge in [0, 0.05) is 17.8 Å². The second-order valence-electron chi connectivity index (χ2n) is 3.69. The maximum absolute atomic E-state index is 11.6. The van der Waals surface area contributed by atoms with Crippen molar-refractivity contribution in [2.24, 2.45) is 0 Å². The van der Waals surface area contributed by atoms with E-state index >= 15 is 0 Å². The molecule has 0 N–H and O–H groups in total. The molecule has 0 amide bonds. The summed E-state index contributed by atoms with van der Waals surface area (Å²) in [5.41, 5.74) is 2.24. The van der Waals surface area contributed by atoms with Crippen LogP contribution in [0.3, 0.4) is 0 Å². The van der Waals surface area contributed by atoms with Crippen LogP contribution >= 0.6 is 0 Å². The number of esters is 1. The number of aromatic nitrogens is 2. The Bertz CT molecular complexity index is 552. The van der Waals surface area contributed by atoms with Gasteiger partial charge in [0.1, 0.15) is 0 Å². The highest BCUT2D eigenvalue weighted by molar-refractivity contribution is 5.93. The zero-order valence-corrected chi connectivity index (χ0v) is 9.93. The molecule has 0 bridgehead atoms. The van der Waals surface area contributed by atoms with Crippen LogP contribution in [-0.2, 0) is 11.2 Å². The molecule has 0 saturated heterocycles. The minimum atomic E-state index is -0.344. The lowest BCUT2D eigenvalue weighted by Gasteiger charge is -2.03. The molecule has 4 heteroatoms. The number of carbonyl (C=O) groups excluding carboxylic acids is 1. The molecular formula is C13H14N2O2. The summed E-state index contributed by atoms with van der Waals surface area (Å²) in [6.45, 7) is 4.21. The first-order chi connectivity index (χ1) is 8.24. The molecular weight excluding hydrogens is 216 g/mol. The molecule has 0 unspecified atom stereocenters. The Morgan fingerprint density at radius 1 is 1.24 bits per heavy atom. The molecule has 0 fully saturated rings. The summed E-state index contributed by atoms with van der Waals surface area (Å²) in [6, 6.07) is 3.77. The van der Waals surface area contributed by atoms with Crippen molar-refractivity contribution in [3.8, 4) is 0 Å². The Labute approximate surface area is 99.7 Å². The molecule has 0 radical (unpaired) electrons. The molecule has 2 aromatic heterocycles. The summed E-state index contributed by atoms with van der Waals surface area (Å²) in [5.74, 6) is -0.344. The van der Waals surface area contributed by atoms with Crippen molar-refractivity contribution < 1.29 is 9.53 Å². The van der Waals surface area contributed by atoms with Crippen LogP contribution < -0.4 is 0 Å². The number of pyridine rings is 2. The molecule has 2 heterocycles. The molecule has 4 nitrogen and oxygen atoms in total. The third-order valence-corrected chi connectivity index (χ3v) is 2.51. The Morgan fingerprint density at radius 2 is 2.00 bits per heavy atom. The van der Waals surface area contributed by atoms with Gasteiger partial charge in [-0.15, -0.1) is 0 Å². The van der Waals surface area contributed by atoms with Gasteiger partial charge in [0.2, 0.25) is 0 Å². The summed E-state index contributed by atoms with van der Waals surface area (Å²) in [5, 5.41) is 0.870. The van der Waals surface area contributed by atoms with Crippen molar-refractivity contribution in [3.63, 3.8) is 0 Å². The highest BCUT2D eigenvalue weighted by Crippen LogP contribution is 2.14. The van der Waals surface area contributed by atoms with Crippen LogP contribution in [0.1, 0.15) is 29.8 Å². The number of carbonyl (C=O) groups is 1. The van der Waals surface area contributed by atoms with Crippen LogP contribution in [0.25, 0.3) is 11.0 Å². The van der Waals surface area contributed by atoms with Gasteiger partial charge < -0.3 is 4.74 Å². The SMILES string of the molecule is CCOC(=O)c1cnc2ncc(CC)cc2c1.